The van der Waals surface area contributed by atoms with Gasteiger partial charge < -0.3 is 29.6 Å². The van der Waals surface area contributed by atoms with E-state index in [1.165, 1.54) is 0 Å². The van der Waals surface area contributed by atoms with Crippen LogP contribution in [0.15, 0.2) is 47.5 Å². The maximum Gasteiger partial charge on any atom is 0.203 e. The van der Waals surface area contributed by atoms with Crippen LogP contribution in [0, 0.1) is 0 Å². The van der Waals surface area contributed by atoms with Crippen molar-refractivity contribution in [2.45, 2.75) is 19.9 Å². The normalized spacial score (nSPS) is 11.0. The smallest absolute Gasteiger partial charge is 0.203 e. The van der Waals surface area contributed by atoms with Crippen LogP contribution in [0.25, 0.3) is 0 Å². The fraction of sp³-hybridized carbons (Fsp3) is 0.409. The summed E-state index contributed by atoms with van der Waals surface area (Å²) in [5, 5.41) is 6.58. The second-order valence-electron chi connectivity index (χ2n) is 6.13. The molecule has 0 fully saturated rings. The Balaban J connectivity index is 1.93. The molecule has 0 amide bonds. The number of para-hydroxylation sites is 1. The summed E-state index contributed by atoms with van der Waals surface area (Å²) in [4.78, 5) is 4.66. The quantitative estimate of drug-likeness (QED) is 0.342. The van der Waals surface area contributed by atoms with Gasteiger partial charge in [-0.25, -0.2) is 4.99 Å². The van der Waals surface area contributed by atoms with E-state index in [0.717, 1.165) is 36.8 Å². The van der Waals surface area contributed by atoms with Crippen LogP contribution >= 0.6 is 0 Å². The summed E-state index contributed by atoms with van der Waals surface area (Å²) >= 11 is 0. The number of aliphatic imine (C=N–C) groups is 1. The van der Waals surface area contributed by atoms with Crippen molar-refractivity contribution in [3.8, 4) is 23.0 Å². The van der Waals surface area contributed by atoms with Gasteiger partial charge in [-0.3, -0.25) is 0 Å². The Labute approximate surface area is 173 Å². The molecule has 158 valence electrons. The average Bonchev–Trinajstić information content (AvgIpc) is 2.76. The molecule has 0 heterocycles. The van der Waals surface area contributed by atoms with Crippen LogP contribution in [-0.2, 0) is 6.54 Å². The van der Waals surface area contributed by atoms with Crippen molar-refractivity contribution in [2.24, 2.45) is 4.99 Å². The lowest BCUT2D eigenvalue weighted by atomic mass is 10.1. The van der Waals surface area contributed by atoms with Gasteiger partial charge in [0.05, 0.1) is 34.5 Å². The fourth-order valence-corrected chi connectivity index (χ4v) is 2.78. The first kappa shape index (κ1) is 22.2. The van der Waals surface area contributed by atoms with Gasteiger partial charge in [0.1, 0.15) is 5.75 Å². The maximum atomic E-state index is 5.71. The second-order valence-corrected chi connectivity index (χ2v) is 6.13. The number of guanidine groups is 1. The van der Waals surface area contributed by atoms with Gasteiger partial charge in [0.25, 0.3) is 0 Å². The van der Waals surface area contributed by atoms with Crippen LogP contribution in [0.1, 0.15) is 18.9 Å². The van der Waals surface area contributed by atoms with E-state index in [-0.39, 0.29) is 0 Å². The number of hydrogen-bond donors (Lipinski definition) is 2. The molecule has 7 heteroatoms. The summed E-state index contributed by atoms with van der Waals surface area (Å²) in [6.45, 7) is 4.64. The molecule has 0 saturated heterocycles. The SMILES string of the molecule is CCNC(=NCc1ccc(OC)c(OC)c1OC)NCCCOc1ccccc1. The standard InChI is InChI=1S/C22H31N3O4/c1-5-23-22(24-14-9-15-29-18-10-7-6-8-11-18)25-16-17-12-13-19(26-2)21(28-4)20(17)27-3/h6-8,10-13H,5,9,14-16H2,1-4H3,(H2,23,24,25). The molecule has 0 spiro atoms. The molecule has 7 nitrogen and oxygen atoms in total. The van der Waals surface area contributed by atoms with E-state index in [2.05, 4.69) is 15.6 Å². The second kappa shape index (κ2) is 12.4. The van der Waals surface area contributed by atoms with Crippen molar-refractivity contribution in [3.63, 3.8) is 0 Å². The van der Waals surface area contributed by atoms with Gasteiger partial charge in [0, 0.05) is 18.7 Å². The third-order valence-corrected chi connectivity index (χ3v) is 4.16. The minimum Gasteiger partial charge on any atom is -0.494 e. The molecule has 0 bridgehead atoms. The summed E-state index contributed by atoms with van der Waals surface area (Å²) in [7, 11) is 4.81. The van der Waals surface area contributed by atoms with E-state index in [9.17, 15) is 0 Å². The van der Waals surface area contributed by atoms with Gasteiger partial charge >= 0.3 is 0 Å². The zero-order valence-electron chi connectivity index (χ0n) is 17.7. The van der Waals surface area contributed by atoms with E-state index < -0.39 is 0 Å². The lowest BCUT2D eigenvalue weighted by molar-refractivity contribution is 0.311. The van der Waals surface area contributed by atoms with Crippen molar-refractivity contribution < 1.29 is 18.9 Å². The van der Waals surface area contributed by atoms with Crippen LogP contribution in [0.4, 0.5) is 0 Å². The zero-order valence-corrected chi connectivity index (χ0v) is 17.7. The van der Waals surface area contributed by atoms with Crippen molar-refractivity contribution in [1.29, 1.82) is 0 Å². The van der Waals surface area contributed by atoms with E-state index in [0.29, 0.717) is 30.4 Å². The van der Waals surface area contributed by atoms with Crippen LogP contribution in [0.5, 0.6) is 23.0 Å². The molecular weight excluding hydrogens is 370 g/mol. The first-order chi connectivity index (χ1) is 14.2. The Morgan fingerprint density at radius 3 is 2.31 bits per heavy atom. The number of benzene rings is 2. The number of nitrogens with zero attached hydrogens (tertiary/aromatic N) is 1. The highest BCUT2D eigenvalue weighted by Gasteiger charge is 2.15. The summed E-state index contributed by atoms with van der Waals surface area (Å²) in [5.74, 6) is 3.44. The predicted molar refractivity (Wildman–Crippen MR) is 115 cm³/mol. The minimum atomic E-state index is 0.444. The van der Waals surface area contributed by atoms with Crippen molar-refractivity contribution in [2.75, 3.05) is 41.0 Å². The van der Waals surface area contributed by atoms with Crippen molar-refractivity contribution >= 4 is 5.96 Å². The van der Waals surface area contributed by atoms with E-state index >= 15 is 0 Å². The van der Waals surface area contributed by atoms with Crippen molar-refractivity contribution in [3.05, 3.63) is 48.0 Å². The highest BCUT2D eigenvalue weighted by Crippen LogP contribution is 2.39. The molecule has 2 aromatic rings. The van der Waals surface area contributed by atoms with E-state index in [4.69, 9.17) is 18.9 Å². The van der Waals surface area contributed by atoms with E-state index in [1.54, 1.807) is 21.3 Å². The summed E-state index contributed by atoms with van der Waals surface area (Å²) in [5.41, 5.74) is 0.912. The summed E-state index contributed by atoms with van der Waals surface area (Å²) in [6, 6.07) is 13.6. The molecule has 0 unspecified atom stereocenters. The fourth-order valence-electron chi connectivity index (χ4n) is 2.78. The molecule has 29 heavy (non-hydrogen) atoms. The largest absolute Gasteiger partial charge is 0.494 e. The third kappa shape index (κ3) is 6.78. The molecule has 0 aliphatic heterocycles. The van der Waals surface area contributed by atoms with E-state index in [1.807, 2.05) is 49.4 Å². The molecule has 0 aromatic heterocycles. The monoisotopic (exact) mass is 401 g/mol. The Kier molecular flexibility index (Phi) is 9.48. The van der Waals surface area contributed by atoms with Crippen LogP contribution in [0.2, 0.25) is 0 Å². The molecule has 0 atom stereocenters. The molecule has 0 saturated carbocycles. The lowest BCUT2D eigenvalue weighted by Gasteiger charge is -2.16. The highest BCUT2D eigenvalue weighted by atomic mass is 16.5. The predicted octanol–water partition coefficient (Wildman–Crippen LogP) is 3.24. The Morgan fingerprint density at radius 1 is 0.897 bits per heavy atom. The number of hydrogen-bond acceptors (Lipinski definition) is 5. The minimum absolute atomic E-state index is 0.444. The molecule has 2 N–H and O–H groups in total. The Bertz CT molecular complexity index is 766. The first-order valence-corrected chi connectivity index (χ1v) is 9.71. The zero-order chi connectivity index (χ0) is 20.9. The number of methoxy groups -OCH3 is 3. The molecule has 0 radical (unpaired) electrons. The molecular formula is C22H31N3O4. The van der Waals surface area contributed by atoms with Gasteiger partial charge in [-0.1, -0.05) is 18.2 Å². The third-order valence-electron chi connectivity index (χ3n) is 4.16. The maximum absolute atomic E-state index is 5.71. The summed E-state index contributed by atoms with van der Waals surface area (Å²) < 4.78 is 22.0. The van der Waals surface area contributed by atoms with Gasteiger partial charge in [-0.2, -0.15) is 0 Å². The van der Waals surface area contributed by atoms with Crippen LogP contribution in [-0.4, -0.2) is 47.0 Å². The molecule has 2 rings (SSSR count). The van der Waals surface area contributed by atoms with Crippen LogP contribution in [0.3, 0.4) is 0 Å². The molecule has 2 aromatic carbocycles. The molecule has 0 aliphatic carbocycles. The van der Waals surface area contributed by atoms with Crippen LogP contribution < -0.4 is 29.6 Å². The number of ether oxygens (including phenoxy) is 4. The Hall–Kier alpha value is -3.09. The average molecular weight is 402 g/mol. The highest BCUT2D eigenvalue weighted by molar-refractivity contribution is 5.79. The first-order valence-electron chi connectivity index (χ1n) is 9.71. The summed E-state index contributed by atoms with van der Waals surface area (Å²) in [6.07, 6.45) is 0.860. The topological polar surface area (TPSA) is 73.3 Å². The Morgan fingerprint density at radius 2 is 1.66 bits per heavy atom. The number of rotatable bonds is 11. The number of nitrogens with one attached hydrogen (secondary N) is 2. The van der Waals surface area contributed by atoms with Gasteiger partial charge in [-0.05, 0) is 37.6 Å². The van der Waals surface area contributed by atoms with Crippen molar-refractivity contribution in [1.82, 2.24) is 10.6 Å². The van der Waals surface area contributed by atoms with Gasteiger partial charge in [-0.15, -0.1) is 0 Å². The molecule has 0 aliphatic rings. The van der Waals surface area contributed by atoms with Gasteiger partial charge in [0.15, 0.2) is 17.5 Å². The van der Waals surface area contributed by atoms with Gasteiger partial charge in [0.2, 0.25) is 5.75 Å². The lowest BCUT2D eigenvalue weighted by Crippen LogP contribution is -2.38.